The highest BCUT2D eigenvalue weighted by molar-refractivity contribution is 9.09. The molecule has 1 amide bonds. The van der Waals surface area contributed by atoms with Crippen molar-refractivity contribution in [3.05, 3.63) is 30.1 Å². The Morgan fingerprint density at radius 2 is 2.12 bits per heavy atom. The van der Waals surface area contributed by atoms with Gasteiger partial charge in [0.2, 0.25) is 0 Å². The van der Waals surface area contributed by atoms with Gasteiger partial charge in [-0.1, -0.05) is 15.9 Å². The number of carbonyl (C=O) groups is 1. The number of amides is 1. The molecule has 0 bridgehead atoms. The van der Waals surface area contributed by atoms with Crippen molar-refractivity contribution in [2.45, 2.75) is 31.7 Å². The zero-order valence-electron chi connectivity index (χ0n) is 9.81. The summed E-state index contributed by atoms with van der Waals surface area (Å²) in [5.74, 6) is 0.151. The molecular weight excluding hydrogens is 280 g/mol. The number of hydrogen-bond donors (Lipinski definition) is 0. The normalized spacial score (nSPS) is 15.4. The van der Waals surface area contributed by atoms with E-state index in [1.54, 1.807) is 24.5 Å². The molecule has 2 rings (SSSR count). The number of hydrogen-bond acceptors (Lipinski definition) is 2. The van der Waals surface area contributed by atoms with E-state index in [0.717, 1.165) is 36.7 Å². The molecule has 0 unspecified atom stereocenters. The second kappa shape index (κ2) is 6.15. The van der Waals surface area contributed by atoms with Crippen molar-refractivity contribution in [1.29, 1.82) is 0 Å². The Morgan fingerprint density at radius 1 is 1.41 bits per heavy atom. The average molecular weight is 297 g/mol. The molecule has 0 atom stereocenters. The van der Waals surface area contributed by atoms with Gasteiger partial charge in [-0.2, -0.15) is 0 Å². The van der Waals surface area contributed by atoms with Gasteiger partial charge in [0.25, 0.3) is 5.91 Å². The summed E-state index contributed by atoms with van der Waals surface area (Å²) in [7, 11) is 0. The third kappa shape index (κ3) is 3.06. The van der Waals surface area contributed by atoms with Gasteiger partial charge in [-0.05, 0) is 37.8 Å². The summed E-state index contributed by atoms with van der Waals surface area (Å²) in [6, 6.07) is 4.04. The first kappa shape index (κ1) is 12.6. The van der Waals surface area contributed by atoms with Gasteiger partial charge in [0, 0.05) is 35.9 Å². The summed E-state index contributed by atoms with van der Waals surface area (Å²) in [5.41, 5.74) is 0.751. The lowest BCUT2D eigenvalue weighted by Crippen LogP contribution is -2.44. The maximum Gasteiger partial charge on any atom is 0.254 e. The second-order valence-electron chi connectivity index (χ2n) is 4.36. The van der Waals surface area contributed by atoms with Crippen LogP contribution in [0, 0.1) is 0 Å². The van der Waals surface area contributed by atoms with Crippen molar-refractivity contribution in [3.8, 4) is 0 Å². The monoisotopic (exact) mass is 296 g/mol. The molecule has 1 fully saturated rings. The van der Waals surface area contributed by atoms with Gasteiger partial charge in [-0.15, -0.1) is 0 Å². The van der Waals surface area contributed by atoms with Crippen molar-refractivity contribution in [2.24, 2.45) is 0 Å². The Bertz CT molecular complexity index is 365. The van der Waals surface area contributed by atoms with Gasteiger partial charge in [-0.3, -0.25) is 9.78 Å². The molecule has 0 radical (unpaired) electrons. The lowest BCUT2D eigenvalue weighted by Gasteiger charge is -2.37. The third-order valence-corrected chi connectivity index (χ3v) is 3.80. The molecule has 0 aliphatic heterocycles. The standard InChI is InChI=1S/C13H17BrN2O/c14-7-2-10-16(12-3-1-4-12)13(17)11-5-8-15-9-6-11/h5-6,8-9,12H,1-4,7,10H2. The minimum Gasteiger partial charge on any atom is -0.336 e. The van der Waals surface area contributed by atoms with Gasteiger partial charge in [0.05, 0.1) is 0 Å². The van der Waals surface area contributed by atoms with Gasteiger partial charge < -0.3 is 4.90 Å². The van der Waals surface area contributed by atoms with Crippen molar-refractivity contribution in [1.82, 2.24) is 9.88 Å². The van der Waals surface area contributed by atoms with Crippen LogP contribution in [0.15, 0.2) is 24.5 Å². The second-order valence-corrected chi connectivity index (χ2v) is 5.15. The first-order valence-corrected chi connectivity index (χ1v) is 7.22. The van der Waals surface area contributed by atoms with E-state index in [-0.39, 0.29) is 5.91 Å². The minimum atomic E-state index is 0.151. The fraction of sp³-hybridized carbons (Fsp3) is 0.538. The Morgan fingerprint density at radius 3 is 2.65 bits per heavy atom. The van der Waals surface area contributed by atoms with E-state index in [1.165, 1.54) is 6.42 Å². The highest BCUT2D eigenvalue weighted by Crippen LogP contribution is 2.26. The zero-order chi connectivity index (χ0) is 12.1. The zero-order valence-corrected chi connectivity index (χ0v) is 11.4. The van der Waals surface area contributed by atoms with Crippen LogP contribution in [0.1, 0.15) is 36.0 Å². The molecule has 1 aliphatic carbocycles. The molecule has 0 N–H and O–H groups in total. The Kier molecular flexibility index (Phi) is 4.54. The molecule has 1 aliphatic rings. The van der Waals surface area contributed by atoms with Crippen LogP contribution >= 0.6 is 15.9 Å². The van der Waals surface area contributed by atoms with E-state index in [1.807, 2.05) is 4.90 Å². The first-order valence-electron chi connectivity index (χ1n) is 6.10. The molecule has 92 valence electrons. The number of rotatable bonds is 5. The van der Waals surface area contributed by atoms with E-state index >= 15 is 0 Å². The Balaban J connectivity index is 2.06. The number of halogens is 1. The topological polar surface area (TPSA) is 33.2 Å². The summed E-state index contributed by atoms with van der Waals surface area (Å²) < 4.78 is 0. The minimum absolute atomic E-state index is 0.151. The molecule has 1 heterocycles. The molecule has 3 nitrogen and oxygen atoms in total. The summed E-state index contributed by atoms with van der Waals surface area (Å²) in [4.78, 5) is 18.3. The molecular formula is C13H17BrN2O. The highest BCUT2D eigenvalue weighted by atomic mass is 79.9. The van der Waals surface area contributed by atoms with Crippen molar-refractivity contribution in [2.75, 3.05) is 11.9 Å². The van der Waals surface area contributed by atoms with Gasteiger partial charge in [0.1, 0.15) is 0 Å². The average Bonchev–Trinajstić information content (AvgIpc) is 2.32. The first-order chi connectivity index (χ1) is 8.33. The van der Waals surface area contributed by atoms with Crippen LogP contribution in [0.3, 0.4) is 0 Å². The maximum atomic E-state index is 12.4. The summed E-state index contributed by atoms with van der Waals surface area (Å²) in [6.45, 7) is 0.844. The van der Waals surface area contributed by atoms with Crippen LogP contribution in [-0.4, -0.2) is 33.7 Å². The van der Waals surface area contributed by atoms with Gasteiger partial charge in [-0.25, -0.2) is 0 Å². The van der Waals surface area contributed by atoms with Crippen LogP contribution in [0.5, 0.6) is 0 Å². The molecule has 0 aromatic carbocycles. The molecule has 1 aromatic heterocycles. The highest BCUT2D eigenvalue weighted by Gasteiger charge is 2.28. The summed E-state index contributed by atoms with van der Waals surface area (Å²) in [5, 5.41) is 0.944. The number of carbonyl (C=O) groups excluding carboxylic acids is 1. The van der Waals surface area contributed by atoms with Crippen LogP contribution in [0.4, 0.5) is 0 Å². The molecule has 1 aromatic rings. The van der Waals surface area contributed by atoms with Crippen LogP contribution in [0.25, 0.3) is 0 Å². The summed E-state index contributed by atoms with van der Waals surface area (Å²) in [6.07, 6.45) is 7.91. The SMILES string of the molecule is O=C(c1ccncc1)N(CCCBr)C1CCC1. The molecule has 0 spiro atoms. The fourth-order valence-electron chi connectivity index (χ4n) is 2.04. The van der Waals surface area contributed by atoms with Crippen LogP contribution in [0.2, 0.25) is 0 Å². The van der Waals surface area contributed by atoms with E-state index in [2.05, 4.69) is 20.9 Å². The smallest absolute Gasteiger partial charge is 0.254 e. The fourth-order valence-corrected chi connectivity index (χ4v) is 2.29. The maximum absolute atomic E-state index is 12.4. The molecule has 0 saturated heterocycles. The predicted molar refractivity (Wildman–Crippen MR) is 71.3 cm³/mol. The predicted octanol–water partition coefficient (Wildman–Crippen LogP) is 2.86. The van der Waals surface area contributed by atoms with Crippen molar-refractivity contribution in [3.63, 3.8) is 0 Å². The largest absolute Gasteiger partial charge is 0.336 e. The lowest BCUT2D eigenvalue weighted by atomic mass is 9.91. The number of pyridine rings is 1. The Hall–Kier alpha value is -0.900. The third-order valence-electron chi connectivity index (χ3n) is 3.24. The van der Waals surface area contributed by atoms with Crippen molar-refractivity contribution < 1.29 is 4.79 Å². The Labute approximate surface area is 110 Å². The molecule has 17 heavy (non-hydrogen) atoms. The van der Waals surface area contributed by atoms with Crippen LogP contribution < -0.4 is 0 Å². The van der Waals surface area contributed by atoms with Crippen LogP contribution in [-0.2, 0) is 0 Å². The lowest BCUT2D eigenvalue weighted by molar-refractivity contribution is 0.0581. The number of aromatic nitrogens is 1. The van der Waals surface area contributed by atoms with Crippen molar-refractivity contribution >= 4 is 21.8 Å². The summed E-state index contributed by atoms with van der Waals surface area (Å²) >= 11 is 3.42. The van der Waals surface area contributed by atoms with E-state index < -0.39 is 0 Å². The molecule has 4 heteroatoms. The van der Waals surface area contributed by atoms with E-state index in [0.29, 0.717) is 6.04 Å². The van der Waals surface area contributed by atoms with E-state index in [4.69, 9.17) is 0 Å². The van der Waals surface area contributed by atoms with E-state index in [9.17, 15) is 4.79 Å². The molecule has 1 saturated carbocycles. The quantitative estimate of drug-likeness (QED) is 0.783. The number of nitrogens with zero attached hydrogens (tertiary/aromatic N) is 2. The van der Waals surface area contributed by atoms with Gasteiger partial charge >= 0.3 is 0 Å². The number of alkyl halides is 1. The van der Waals surface area contributed by atoms with Gasteiger partial charge in [0.15, 0.2) is 0 Å².